The SMILES string of the molecule is Cc1cccc(NC(=O)C2(C)CNC(=O)C2)c1C. The van der Waals surface area contributed by atoms with Crippen LogP contribution in [0, 0.1) is 19.3 Å². The number of anilines is 1. The van der Waals surface area contributed by atoms with Gasteiger partial charge in [0.05, 0.1) is 5.41 Å². The van der Waals surface area contributed by atoms with Crippen LogP contribution in [0.25, 0.3) is 0 Å². The number of aryl methyl sites for hydroxylation is 1. The zero-order chi connectivity index (χ0) is 13.3. The Morgan fingerprint density at radius 3 is 2.72 bits per heavy atom. The van der Waals surface area contributed by atoms with Crippen LogP contribution in [-0.4, -0.2) is 18.4 Å². The summed E-state index contributed by atoms with van der Waals surface area (Å²) in [4.78, 5) is 23.5. The maximum atomic E-state index is 12.2. The molecule has 0 aromatic heterocycles. The molecule has 96 valence electrons. The molecule has 1 aliphatic rings. The molecule has 1 aromatic rings. The van der Waals surface area contributed by atoms with Crippen molar-refractivity contribution in [3.63, 3.8) is 0 Å². The first-order chi connectivity index (χ1) is 8.42. The molecule has 18 heavy (non-hydrogen) atoms. The third-order valence-electron chi connectivity index (χ3n) is 3.63. The van der Waals surface area contributed by atoms with E-state index in [2.05, 4.69) is 10.6 Å². The van der Waals surface area contributed by atoms with E-state index in [1.165, 1.54) is 0 Å². The van der Waals surface area contributed by atoms with Gasteiger partial charge in [-0.15, -0.1) is 0 Å². The largest absolute Gasteiger partial charge is 0.355 e. The molecular weight excluding hydrogens is 228 g/mol. The Morgan fingerprint density at radius 2 is 2.11 bits per heavy atom. The number of nitrogens with one attached hydrogen (secondary N) is 2. The monoisotopic (exact) mass is 246 g/mol. The number of rotatable bonds is 2. The van der Waals surface area contributed by atoms with Gasteiger partial charge >= 0.3 is 0 Å². The van der Waals surface area contributed by atoms with Crippen molar-refractivity contribution < 1.29 is 9.59 Å². The maximum absolute atomic E-state index is 12.2. The van der Waals surface area contributed by atoms with Gasteiger partial charge in [0.25, 0.3) is 0 Å². The second-order valence-electron chi connectivity index (χ2n) is 5.22. The van der Waals surface area contributed by atoms with Gasteiger partial charge in [0.15, 0.2) is 0 Å². The molecule has 0 spiro atoms. The van der Waals surface area contributed by atoms with Crippen LogP contribution in [0.4, 0.5) is 5.69 Å². The zero-order valence-corrected chi connectivity index (χ0v) is 11.0. The number of hydrogen-bond donors (Lipinski definition) is 2. The molecule has 0 aliphatic carbocycles. The highest BCUT2D eigenvalue weighted by Crippen LogP contribution is 2.28. The lowest BCUT2D eigenvalue weighted by molar-refractivity contribution is -0.126. The molecule has 1 unspecified atom stereocenters. The van der Waals surface area contributed by atoms with Crippen LogP contribution in [0.3, 0.4) is 0 Å². The fourth-order valence-corrected chi connectivity index (χ4v) is 2.09. The van der Waals surface area contributed by atoms with Crippen LogP contribution in [-0.2, 0) is 9.59 Å². The minimum absolute atomic E-state index is 0.0615. The first-order valence-corrected chi connectivity index (χ1v) is 6.07. The van der Waals surface area contributed by atoms with E-state index in [4.69, 9.17) is 0 Å². The van der Waals surface area contributed by atoms with Gasteiger partial charge in [0.1, 0.15) is 0 Å². The molecule has 1 heterocycles. The predicted octanol–water partition coefficient (Wildman–Crippen LogP) is 1.77. The molecule has 0 saturated carbocycles. The lowest BCUT2D eigenvalue weighted by atomic mass is 9.88. The van der Waals surface area contributed by atoms with Gasteiger partial charge in [0, 0.05) is 18.7 Å². The third-order valence-corrected chi connectivity index (χ3v) is 3.63. The van der Waals surface area contributed by atoms with Crippen LogP contribution in [0.1, 0.15) is 24.5 Å². The highest BCUT2D eigenvalue weighted by Gasteiger charge is 2.40. The molecule has 2 N–H and O–H groups in total. The van der Waals surface area contributed by atoms with Crippen molar-refractivity contribution in [1.29, 1.82) is 0 Å². The fraction of sp³-hybridized carbons (Fsp3) is 0.429. The Labute approximate surface area is 107 Å². The lowest BCUT2D eigenvalue weighted by Gasteiger charge is -2.21. The molecule has 1 aliphatic heterocycles. The molecule has 0 radical (unpaired) electrons. The number of carbonyl (C=O) groups is 2. The summed E-state index contributed by atoms with van der Waals surface area (Å²) in [5, 5.41) is 5.63. The fourth-order valence-electron chi connectivity index (χ4n) is 2.09. The Morgan fingerprint density at radius 1 is 1.39 bits per heavy atom. The number of amides is 2. The lowest BCUT2D eigenvalue weighted by Crippen LogP contribution is -2.35. The van der Waals surface area contributed by atoms with Crippen molar-refractivity contribution in [3.8, 4) is 0 Å². The number of hydrogen-bond acceptors (Lipinski definition) is 2. The van der Waals surface area contributed by atoms with Gasteiger partial charge in [-0.3, -0.25) is 9.59 Å². The number of benzene rings is 1. The van der Waals surface area contributed by atoms with Gasteiger partial charge in [-0.05, 0) is 38.0 Å². The van der Waals surface area contributed by atoms with E-state index < -0.39 is 5.41 Å². The standard InChI is InChI=1S/C14H18N2O2/c1-9-5-4-6-11(10(9)2)16-13(18)14(3)7-12(17)15-8-14/h4-6H,7-8H2,1-3H3,(H,15,17)(H,16,18). The Hall–Kier alpha value is -1.84. The molecule has 2 amide bonds. The molecule has 0 bridgehead atoms. The molecule has 4 heteroatoms. The van der Waals surface area contributed by atoms with Crippen LogP contribution < -0.4 is 10.6 Å². The van der Waals surface area contributed by atoms with Crippen molar-refractivity contribution in [2.45, 2.75) is 27.2 Å². The van der Waals surface area contributed by atoms with Gasteiger partial charge < -0.3 is 10.6 Å². The molecule has 1 atom stereocenters. The van der Waals surface area contributed by atoms with E-state index in [1.807, 2.05) is 39.0 Å². The van der Waals surface area contributed by atoms with E-state index in [1.54, 1.807) is 0 Å². The average Bonchev–Trinajstić information content (AvgIpc) is 2.66. The minimum Gasteiger partial charge on any atom is -0.355 e. The topological polar surface area (TPSA) is 58.2 Å². The maximum Gasteiger partial charge on any atom is 0.232 e. The van der Waals surface area contributed by atoms with Gasteiger partial charge in [-0.1, -0.05) is 12.1 Å². The van der Waals surface area contributed by atoms with Crippen molar-refractivity contribution in [3.05, 3.63) is 29.3 Å². The van der Waals surface area contributed by atoms with Gasteiger partial charge in [-0.25, -0.2) is 0 Å². The predicted molar refractivity (Wildman–Crippen MR) is 70.3 cm³/mol. The molecular formula is C14H18N2O2. The molecule has 1 aromatic carbocycles. The summed E-state index contributed by atoms with van der Waals surface area (Å²) < 4.78 is 0. The molecule has 1 fully saturated rings. The van der Waals surface area contributed by atoms with Crippen LogP contribution in [0.2, 0.25) is 0 Å². The zero-order valence-electron chi connectivity index (χ0n) is 11.0. The van der Waals surface area contributed by atoms with Crippen molar-refractivity contribution in [2.75, 3.05) is 11.9 Å². The van der Waals surface area contributed by atoms with E-state index in [0.29, 0.717) is 6.54 Å². The minimum atomic E-state index is -0.646. The van der Waals surface area contributed by atoms with Crippen LogP contribution in [0.15, 0.2) is 18.2 Å². The summed E-state index contributed by atoms with van der Waals surface area (Å²) in [5.74, 6) is -0.164. The summed E-state index contributed by atoms with van der Waals surface area (Å²) in [6.45, 7) is 6.20. The Bertz CT molecular complexity index is 511. The van der Waals surface area contributed by atoms with Crippen LogP contribution in [0.5, 0.6) is 0 Å². The number of carbonyl (C=O) groups excluding carboxylic acids is 2. The molecule has 4 nitrogen and oxygen atoms in total. The summed E-state index contributed by atoms with van der Waals surface area (Å²) in [5.41, 5.74) is 2.37. The van der Waals surface area contributed by atoms with Gasteiger partial charge in [-0.2, -0.15) is 0 Å². The Kier molecular flexibility index (Phi) is 3.11. The van der Waals surface area contributed by atoms with Crippen molar-refractivity contribution >= 4 is 17.5 Å². The highest BCUT2D eigenvalue weighted by molar-refractivity contribution is 6.00. The second-order valence-corrected chi connectivity index (χ2v) is 5.22. The Balaban J connectivity index is 2.17. The second kappa shape index (κ2) is 4.44. The summed E-state index contributed by atoms with van der Waals surface area (Å²) in [6.07, 6.45) is 0.254. The summed E-state index contributed by atoms with van der Waals surface area (Å²) in [7, 11) is 0. The van der Waals surface area contributed by atoms with Gasteiger partial charge in [0.2, 0.25) is 11.8 Å². The first-order valence-electron chi connectivity index (χ1n) is 6.07. The molecule has 1 saturated heterocycles. The van der Waals surface area contributed by atoms with E-state index >= 15 is 0 Å². The smallest absolute Gasteiger partial charge is 0.232 e. The highest BCUT2D eigenvalue weighted by atomic mass is 16.2. The van der Waals surface area contributed by atoms with E-state index in [-0.39, 0.29) is 18.2 Å². The summed E-state index contributed by atoms with van der Waals surface area (Å²) in [6, 6.07) is 5.81. The van der Waals surface area contributed by atoms with Crippen LogP contribution >= 0.6 is 0 Å². The quantitative estimate of drug-likeness (QED) is 0.835. The van der Waals surface area contributed by atoms with E-state index in [9.17, 15) is 9.59 Å². The van der Waals surface area contributed by atoms with Crippen molar-refractivity contribution in [1.82, 2.24) is 5.32 Å². The van der Waals surface area contributed by atoms with Crippen molar-refractivity contribution in [2.24, 2.45) is 5.41 Å². The molecule has 2 rings (SSSR count). The van der Waals surface area contributed by atoms with E-state index in [0.717, 1.165) is 16.8 Å². The average molecular weight is 246 g/mol. The first kappa shape index (κ1) is 12.6. The third kappa shape index (κ3) is 2.23. The normalized spacial score (nSPS) is 22.7. The summed E-state index contributed by atoms with van der Waals surface area (Å²) >= 11 is 0.